The van der Waals surface area contributed by atoms with Gasteiger partial charge in [0.15, 0.2) is 0 Å². The lowest BCUT2D eigenvalue weighted by atomic mass is 9.98. The number of aliphatic hydroxyl groups excluding tert-OH is 1. The zero-order valence-corrected chi connectivity index (χ0v) is 12.1. The summed E-state index contributed by atoms with van der Waals surface area (Å²) >= 11 is 0. The molecule has 0 rings (SSSR count). The van der Waals surface area contributed by atoms with Gasteiger partial charge in [-0.3, -0.25) is 4.79 Å². The van der Waals surface area contributed by atoms with Gasteiger partial charge in [0.05, 0.1) is 0 Å². The molecule has 0 saturated carbocycles. The zero-order chi connectivity index (χ0) is 14.8. The predicted molar refractivity (Wildman–Crippen MR) is 74.5 cm³/mol. The highest BCUT2D eigenvalue weighted by molar-refractivity contribution is 5.86. The van der Waals surface area contributed by atoms with E-state index in [-0.39, 0.29) is 24.3 Å². The Hall–Kier alpha value is -1.30. The number of urea groups is 1. The molecule has 0 heterocycles. The summed E-state index contributed by atoms with van der Waals surface area (Å²) in [6.07, 6.45) is 2.44. The molecular formula is C13H27N3O3. The van der Waals surface area contributed by atoms with E-state index in [1.807, 2.05) is 20.8 Å². The van der Waals surface area contributed by atoms with Crippen molar-refractivity contribution >= 4 is 11.9 Å². The molecule has 5 N–H and O–H groups in total. The average molecular weight is 273 g/mol. The Balaban J connectivity index is 4.14. The second-order valence-corrected chi connectivity index (χ2v) is 5.09. The van der Waals surface area contributed by atoms with Crippen LogP contribution in [0.1, 0.15) is 40.0 Å². The van der Waals surface area contributed by atoms with Crippen molar-refractivity contribution in [3.8, 4) is 0 Å². The van der Waals surface area contributed by atoms with Crippen molar-refractivity contribution in [1.82, 2.24) is 10.6 Å². The third-order valence-electron chi connectivity index (χ3n) is 3.28. The number of nitrogens with one attached hydrogen (secondary N) is 2. The van der Waals surface area contributed by atoms with Gasteiger partial charge < -0.3 is 21.5 Å². The minimum absolute atomic E-state index is 0.0314. The molecule has 6 nitrogen and oxygen atoms in total. The summed E-state index contributed by atoms with van der Waals surface area (Å²) in [7, 11) is 0. The van der Waals surface area contributed by atoms with Crippen molar-refractivity contribution in [2.24, 2.45) is 17.6 Å². The van der Waals surface area contributed by atoms with E-state index in [0.29, 0.717) is 6.54 Å². The van der Waals surface area contributed by atoms with Gasteiger partial charge in [0, 0.05) is 13.2 Å². The van der Waals surface area contributed by atoms with Crippen molar-refractivity contribution in [1.29, 1.82) is 0 Å². The summed E-state index contributed by atoms with van der Waals surface area (Å²) in [6.45, 7) is 6.51. The molecule has 0 saturated heterocycles. The summed E-state index contributed by atoms with van der Waals surface area (Å²) in [5.74, 6) is 0.0691. The average Bonchev–Trinajstić information content (AvgIpc) is 2.39. The Morgan fingerprint density at radius 2 is 1.95 bits per heavy atom. The first kappa shape index (κ1) is 17.7. The maximum Gasteiger partial charge on any atom is 0.312 e. The van der Waals surface area contributed by atoms with Gasteiger partial charge in [0.25, 0.3) is 0 Å². The van der Waals surface area contributed by atoms with E-state index in [9.17, 15) is 9.59 Å². The molecule has 0 fully saturated rings. The topological polar surface area (TPSA) is 104 Å². The number of aliphatic hydroxyl groups is 1. The molecule has 3 unspecified atom stereocenters. The van der Waals surface area contributed by atoms with Crippen molar-refractivity contribution in [2.45, 2.75) is 46.1 Å². The summed E-state index contributed by atoms with van der Waals surface area (Å²) < 4.78 is 0. The van der Waals surface area contributed by atoms with Crippen LogP contribution in [0.25, 0.3) is 0 Å². The normalized spacial score (nSPS) is 15.4. The van der Waals surface area contributed by atoms with Gasteiger partial charge in [0.1, 0.15) is 6.04 Å². The lowest BCUT2D eigenvalue weighted by molar-refractivity contribution is -0.124. The molecule has 0 aliphatic heterocycles. The van der Waals surface area contributed by atoms with Crippen molar-refractivity contribution in [3.63, 3.8) is 0 Å². The fraction of sp³-hybridized carbons (Fsp3) is 0.846. The largest absolute Gasteiger partial charge is 0.396 e. The van der Waals surface area contributed by atoms with Crippen LogP contribution in [0, 0.1) is 11.8 Å². The van der Waals surface area contributed by atoms with Crippen LogP contribution in [-0.4, -0.2) is 36.2 Å². The molecular weight excluding hydrogens is 246 g/mol. The molecule has 0 aromatic rings. The van der Waals surface area contributed by atoms with Gasteiger partial charge in [-0.2, -0.15) is 0 Å². The zero-order valence-electron chi connectivity index (χ0n) is 12.1. The molecule has 3 amide bonds. The van der Waals surface area contributed by atoms with Crippen LogP contribution in [0.4, 0.5) is 4.79 Å². The highest BCUT2D eigenvalue weighted by atomic mass is 16.3. The van der Waals surface area contributed by atoms with E-state index >= 15 is 0 Å². The summed E-state index contributed by atoms with van der Waals surface area (Å²) in [5.41, 5.74) is 5.08. The number of rotatable bonds is 9. The van der Waals surface area contributed by atoms with E-state index < -0.39 is 12.1 Å². The smallest absolute Gasteiger partial charge is 0.312 e. The van der Waals surface area contributed by atoms with E-state index in [1.54, 1.807) is 0 Å². The summed E-state index contributed by atoms with van der Waals surface area (Å²) in [4.78, 5) is 22.9. The molecule has 0 aromatic heterocycles. The molecule has 0 aliphatic carbocycles. The van der Waals surface area contributed by atoms with Crippen molar-refractivity contribution in [3.05, 3.63) is 0 Å². The summed E-state index contributed by atoms with van der Waals surface area (Å²) in [5, 5.41) is 14.2. The van der Waals surface area contributed by atoms with E-state index in [1.165, 1.54) is 0 Å². The van der Waals surface area contributed by atoms with Gasteiger partial charge in [-0.1, -0.05) is 27.2 Å². The van der Waals surface area contributed by atoms with Crippen LogP contribution in [0.15, 0.2) is 0 Å². The minimum Gasteiger partial charge on any atom is -0.396 e. The number of carbonyl (C=O) groups excluding carboxylic acids is 2. The van der Waals surface area contributed by atoms with Crippen LogP contribution >= 0.6 is 0 Å². The van der Waals surface area contributed by atoms with E-state index in [0.717, 1.165) is 19.3 Å². The van der Waals surface area contributed by atoms with Gasteiger partial charge in [-0.05, 0) is 24.7 Å². The quantitative estimate of drug-likeness (QED) is 0.462. The third kappa shape index (κ3) is 7.66. The molecule has 0 bridgehead atoms. The number of primary amides is 1. The standard InChI is InChI=1S/C13H27N3O3/c1-4-10(3)11(16-13(14)19)12(18)15-7-5-6-9(2)8-17/h9-11,17H,4-8H2,1-3H3,(H,15,18)(H3,14,16,19). The van der Waals surface area contributed by atoms with Crippen LogP contribution in [0.5, 0.6) is 0 Å². The third-order valence-corrected chi connectivity index (χ3v) is 3.28. The molecule has 3 atom stereocenters. The number of nitrogens with two attached hydrogens (primary N) is 1. The maximum absolute atomic E-state index is 12.0. The number of amides is 3. The first-order chi connectivity index (χ1) is 8.92. The highest BCUT2D eigenvalue weighted by Gasteiger charge is 2.24. The van der Waals surface area contributed by atoms with Crippen LogP contribution in [0.3, 0.4) is 0 Å². The van der Waals surface area contributed by atoms with Crippen molar-refractivity contribution in [2.75, 3.05) is 13.2 Å². The van der Waals surface area contributed by atoms with Crippen LogP contribution in [-0.2, 0) is 4.79 Å². The molecule has 0 aromatic carbocycles. The monoisotopic (exact) mass is 273 g/mol. The van der Waals surface area contributed by atoms with Gasteiger partial charge in [0.2, 0.25) is 5.91 Å². The van der Waals surface area contributed by atoms with E-state index in [4.69, 9.17) is 10.8 Å². The van der Waals surface area contributed by atoms with Gasteiger partial charge in [-0.25, -0.2) is 4.79 Å². The van der Waals surface area contributed by atoms with Crippen LogP contribution < -0.4 is 16.4 Å². The minimum atomic E-state index is -0.686. The maximum atomic E-state index is 12.0. The van der Waals surface area contributed by atoms with Crippen LogP contribution in [0.2, 0.25) is 0 Å². The molecule has 6 heteroatoms. The first-order valence-electron chi connectivity index (χ1n) is 6.86. The number of carbonyl (C=O) groups is 2. The Kier molecular flexibility index (Phi) is 8.95. The Labute approximate surface area is 115 Å². The Bertz CT molecular complexity index is 284. The SMILES string of the molecule is CCC(C)C(NC(N)=O)C(=O)NCCCC(C)CO. The second kappa shape index (κ2) is 9.61. The molecule has 0 aliphatic rings. The highest BCUT2D eigenvalue weighted by Crippen LogP contribution is 2.08. The molecule has 112 valence electrons. The van der Waals surface area contributed by atoms with E-state index in [2.05, 4.69) is 10.6 Å². The number of hydrogen-bond donors (Lipinski definition) is 4. The first-order valence-corrected chi connectivity index (χ1v) is 6.86. The predicted octanol–water partition coefficient (Wildman–Crippen LogP) is 0.594. The second-order valence-electron chi connectivity index (χ2n) is 5.09. The van der Waals surface area contributed by atoms with Gasteiger partial charge >= 0.3 is 6.03 Å². The van der Waals surface area contributed by atoms with Crippen molar-refractivity contribution < 1.29 is 14.7 Å². The Morgan fingerprint density at radius 1 is 1.32 bits per heavy atom. The fourth-order valence-corrected chi connectivity index (χ4v) is 1.72. The molecule has 19 heavy (non-hydrogen) atoms. The number of hydrogen-bond acceptors (Lipinski definition) is 3. The lowest BCUT2D eigenvalue weighted by Gasteiger charge is -2.22. The Morgan fingerprint density at radius 3 is 2.42 bits per heavy atom. The molecule has 0 radical (unpaired) electrons. The fourth-order valence-electron chi connectivity index (χ4n) is 1.72. The van der Waals surface area contributed by atoms with Gasteiger partial charge in [-0.15, -0.1) is 0 Å². The summed E-state index contributed by atoms with van der Waals surface area (Å²) in [6, 6.07) is -1.27. The lowest BCUT2D eigenvalue weighted by Crippen LogP contribution is -2.51. The molecule has 0 spiro atoms.